The van der Waals surface area contributed by atoms with Gasteiger partial charge in [0.1, 0.15) is 10.6 Å². The maximum absolute atomic E-state index is 12.2. The first-order chi connectivity index (χ1) is 9.13. The van der Waals surface area contributed by atoms with Gasteiger partial charge in [-0.2, -0.15) is 0 Å². The quantitative estimate of drug-likeness (QED) is 0.908. The van der Waals surface area contributed by atoms with E-state index >= 15 is 0 Å². The van der Waals surface area contributed by atoms with Gasteiger partial charge < -0.3 is 4.74 Å². The van der Waals surface area contributed by atoms with Gasteiger partial charge in [-0.3, -0.25) is 0 Å². The Bertz CT molecular complexity index is 639. The van der Waals surface area contributed by atoms with Crippen LogP contribution in [0.3, 0.4) is 0 Å². The van der Waals surface area contributed by atoms with Crippen LogP contribution in [0.1, 0.15) is 5.56 Å². The summed E-state index contributed by atoms with van der Waals surface area (Å²) in [5.41, 5.74) is 0.893. The summed E-state index contributed by atoms with van der Waals surface area (Å²) < 4.78 is 31.9. The van der Waals surface area contributed by atoms with Crippen LogP contribution < -0.4 is 9.46 Å². The molecule has 2 aromatic carbocycles. The molecule has 2 aromatic rings. The van der Waals surface area contributed by atoms with E-state index in [1.807, 2.05) is 30.3 Å². The molecule has 5 heteroatoms. The van der Waals surface area contributed by atoms with Crippen molar-refractivity contribution >= 4 is 10.0 Å². The van der Waals surface area contributed by atoms with Gasteiger partial charge in [0.25, 0.3) is 0 Å². The zero-order valence-corrected chi connectivity index (χ0v) is 11.3. The van der Waals surface area contributed by atoms with Crippen LogP contribution in [0.4, 0.5) is 0 Å². The number of nitrogens with one attached hydrogen (secondary N) is 1. The molecule has 0 aliphatic heterocycles. The van der Waals surface area contributed by atoms with E-state index in [9.17, 15) is 8.42 Å². The zero-order valence-electron chi connectivity index (χ0n) is 10.5. The highest BCUT2D eigenvalue weighted by Crippen LogP contribution is 2.22. The maximum Gasteiger partial charge on any atom is 0.244 e. The second-order valence-corrected chi connectivity index (χ2v) is 5.62. The standard InChI is InChI=1S/C14H14NO3S/c1-18-13-9-5-6-10-14(13)19(16,17)15-11-12-7-3-2-4-8-12/h2-5,7-10,15H,11H2,1H3. The highest BCUT2D eigenvalue weighted by atomic mass is 32.2. The normalized spacial score (nSPS) is 11.2. The number of ether oxygens (including phenoxy) is 1. The molecule has 99 valence electrons. The van der Waals surface area contributed by atoms with Gasteiger partial charge >= 0.3 is 0 Å². The van der Waals surface area contributed by atoms with Crippen LogP contribution >= 0.6 is 0 Å². The van der Waals surface area contributed by atoms with E-state index < -0.39 is 10.0 Å². The first kappa shape index (κ1) is 13.6. The van der Waals surface area contributed by atoms with Gasteiger partial charge in [-0.05, 0) is 23.8 Å². The first-order valence-electron chi connectivity index (χ1n) is 5.71. The van der Waals surface area contributed by atoms with Crippen molar-refractivity contribution in [1.82, 2.24) is 4.72 Å². The molecular weight excluding hydrogens is 262 g/mol. The Kier molecular flexibility index (Phi) is 4.19. The highest BCUT2D eigenvalue weighted by molar-refractivity contribution is 7.89. The largest absolute Gasteiger partial charge is 0.495 e. The average molecular weight is 276 g/mol. The maximum atomic E-state index is 12.2. The molecule has 0 aliphatic carbocycles. The van der Waals surface area contributed by atoms with Crippen LogP contribution in [0.2, 0.25) is 0 Å². The Balaban J connectivity index is 2.19. The fraction of sp³-hybridized carbons (Fsp3) is 0.143. The van der Waals surface area contributed by atoms with Gasteiger partial charge in [0.15, 0.2) is 0 Å². The van der Waals surface area contributed by atoms with Crippen molar-refractivity contribution in [3.8, 4) is 5.75 Å². The van der Waals surface area contributed by atoms with E-state index in [1.54, 1.807) is 12.1 Å². The van der Waals surface area contributed by atoms with Crippen molar-refractivity contribution in [2.45, 2.75) is 11.4 Å². The minimum atomic E-state index is -3.61. The van der Waals surface area contributed by atoms with Crippen LogP contribution in [0.15, 0.2) is 53.4 Å². The molecule has 0 bridgehead atoms. The summed E-state index contributed by atoms with van der Waals surface area (Å²) in [6, 6.07) is 16.6. The van der Waals surface area contributed by atoms with Crippen LogP contribution in [0.5, 0.6) is 5.75 Å². The van der Waals surface area contributed by atoms with Crippen molar-refractivity contribution < 1.29 is 13.2 Å². The second-order valence-electron chi connectivity index (χ2n) is 3.89. The molecule has 0 unspecified atom stereocenters. The molecule has 0 spiro atoms. The molecule has 0 aromatic heterocycles. The van der Waals surface area contributed by atoms with Gasteiger partial charge in [-0.15, -0.1) is 0 Å². The molecule has 0 atom stereocenters. The number of methoxy groups -OCH3 is 1. The number of rotatable bonds is 5. The van der Waals surface area contributed by atoms with E-state index in [2.05, 4.69) is 10.8 Å². The second kappa shape index (κ2) is 5.86. The molecule has 0 amide bonds. The van der Waals surface area contributed by atoms with Crippen molar-refractivity contribution in [2.75, 3.05) is 7.11 Å². The van der Waals surface area contributed by atoms with E-state index in [-0.39, 0.29) is 11.4 Å². The SMILES string of the molecule is COc1cc[c]cc1S(=O)(=O)NCc1ccccc1. The highest BCUT2D eigenvalue weighted by Gasteiger charge is 2.18. The Labute approximate surface area is 113 Å². The third-order valence-electron chi connectivity index (χ3n) is 2.61. The van der Waals surface area contributed by atoms with Crippen molar-refractivity contribution in [2.24, 2.45) is 0 Å². The monoisotopic (exact) mass is 276 g/mol. The number of hydrogen-bond donors (Lipinski definition) is 1. The van der Waals surface area contributed by atoms with Gasteiger partial charge in [0.05, 0.1) is 7.11 Å². The lowest BCUT2D eigenvalue weighted by molar-refractivity contribution is 0.402. The smallest absolute Gasteiger partial charge is 0.244 e. The molecule has 2 rings (SSSR count). The lowest BCUT2D eigenvalue weighted by Crippen LogP contribution is -2.23. The molecule has 0 fully saturated rings. The Morgan fingerprint density at radius 1 is 1.21 bits per heavy atom. The van der Waals surface area contributed by atoms with Crippen LogP contribution in [0.25, 0.3) is 0 Å². The molecular formula is C14H14NO3S. The van der Waals surface area contributed by atoms with Gasteiger partial charge in [0.2, 0.25) is 10.0 Å². The minimum Gasteiger partial charge on any atom is -0.495 e. The predicted molar refractivity (Wildman–Crippen MR) is 72.3 cm³/mol. The van der Waals surface area contributed by atoms with Crippen LogP contribution in [-0.4, -0.2) is 15.5 Å². The van der Waals surface area contributed by atoms with E-state index in [0.29, 0.717) is 5.75 Å². The Morgan fingerprint density at radius 2 is 1.95 bits per heavy atom. The number of hydrogen-bond acceptors (Lipinski definition) is 3. The lowest BCUT2D eigenvalue weighted by Gasteiger charge is -2.10. The number of sulfonamides is 1. The fourth-order valence-electron chi connectivity index (χ4n) is 1.63. The third kappa shape index (κ3) is 3.33. The Morgan fingerprint density at radius 3 is 2.63 bits per heavy atom. The van der Waals surface area contributed by atoms with Crippen LogP contribution in [-0.2, 0) is 16.6 Å². The van der Waals surface area contributed by atoms with Crippen molar-refractivity contribution in [1.29, 1.82) is 0 Å². The minimum absolute atomic E-state index is 0.0911. The van der Waals surface area contributed by atoms with Gasteiger partial charge in [0, 0.05) is 6.54 Å². The summed E-state index contributed by atoms with van der Waals surface area (Å²) in [6.07, 6.45) is 0. The molecule has 4 nitrogen and oxygen atoms in total. The van der Waals surface area contributed by atoms with E-state index in [0.717, 1.165) is 5.56 Å². The predicted octanol–water partition coefficient (Wildman–Crippen LogP) is 1.97. The molecule has 0 aliphatic rings. The first-order valence-corrected chi connectivity index (χ1v) is 7.19. The summed E-state index contributed by atoms with van der Waals surface area (Å²) in [4.78, 5) is 0.0911. The summed E-state index contributed by atoms with van der Waals surface area (Å²) in [5.74, 6) is 0.305. The van der Waals surface area contributed by atoms with Crippen molar-refractivity contribution in [3.05, 3.63) is 60.2 Å². The summed E-state index contributed by atoms with van der Waals surface area (Å²) in [5, 5.41) is 0. The topological polar surface area (TPSA) is 55.4 Å². The summed E-state index contributed by atoms with van der Waals surface area (Å²) in [6.45, 7) is 0.237. The summed E-state index contributed by atoms with van der Waals surface area (Å²) in [7, 11) is -2.17. The number of benzene rings is 2. The van der Waals surface area contributed by atoms with E-state index in [1.165, 1.54) is 13.2 Å². The third-order valence-corrected chi connectivity index (χ3v) is 4.03. The lowest BCUT2D eigenvalue weighted by atomic mass is 10.2. The van der Waals surface area contributed by atoms with Crippen LogP contribution in [0, 0.1) is 6.07 Å². The molecule has 19 heavy (non-hydrogen) atoms. The molecule has 0 saturated heterocycles. The fourth-order valence-corrected chi connectivity index (χ4v) is 2.78. The summed E-state index contributed by atoms with van der Waals surface area (Å²) >= 11 is 0. The van der Waals surface area contributed by atoms with E-state index in [4.69, 9.17) is 4.74 Å². The molecule has 1 radical (unpaired) electrons. The van der Waals surface area contributed by atoms with Gasteiger partial charge in [-0.25, -0.2) is 13.1 Å². The molecule has 1 N–H and O–H groups in total. The van der Waals surface area contributed by atoms with Gasteiger partial charge in [-0.1, -0.05) is 36.4 Å². The molecule has 0 saturated carbocycles. The average Bonchev–Trinajstić information content (AvgIpc) is 2.46. The zero-order chi connectivity index (χ0) is 13.7. The van der Waals surface area contributed by atoms with Crippen molar-refractivity contribution in [3.63, 3.8) is 0 Å². The Hall–Kier alpha value is -1.85. The molecule has 0 heterocycles.